The van der Waals surface area contributed by atoms with E-state index in [0.29, 0.717) is 5.54 Å². The van der Waals surface area contributed by atoms with Gasteiger partial charge < -0.3 is 5.32 Å². The fraction of sp³-hybridized carbons (Fsp3) is 0.600. The first-order valence-corrected chi connectivity index (χ1v) is 6.32. The summed E-state index contributed by atoms with van der Waals surface area (Å²) in [4.78, 5) is 0. The largest absolute Gasteiger partial charge is 0.314 e. The summed E-state index contributed by atoms with van der Waals surface area (Å²) in [5, 5.41) is 3.47. The Labute approximate surface area is 99.3 Å². The summed E-state index contributed by atoms with van der Waals surface area (Å²) in [5.41, 5.74) is 6.35. The van der Waals surface area contributed by atoms with E-state index < -0.39 is 0 Å². The van der Waals surface area contributed by atoms with Crippen LogP contribution in [-0.2, 0) is 6.42 Å². The number of nitrogens with one attached hydrogen (secondary N) is 1. The lowest BCUT2D eigenvalue weighted by molar-refractivity contribution is 0.508. The number of benzene rings is 1. The molecule has 1 aromatic carbocycles. The monoisotopic (exact) mass is 217 g/mol. The zero-order valence-corrected chi connectivity index (χ0v) is 11.0. The normalized spacial score (nSPS) is 17.5. The smallest absolute Gasteiger partial charge is 0.0183 e. The molecule has 0 aromatic heterocycles. The van der Waals surface area contributed by atoms with Crippen LogP contribution in [0.15, 0.2) is 12.1 Å². The maximum absolute atomic E-state index is 3.47. The van der Waals surface area contributed by atoms with Crippen molar-refractivity contribution in [2.75, 3.05) is 7.05 Å². The van der Waals surface area contributed by atoms with Gasteiger partial charge in [0.25, 0.3) is 0 Å². The van der Waals surface area contributed by atoms with Crippen molar-refractivity contribution in [1.29, 1.82) is 0 Å². The van der Waals surface area contributed by atoms with E-state index in [9.17, 15) is 0 Å². The second-order valence-corrected chi connectivity index (χ2v) is 5.41. The molecule has 0 unspecified atom stereocenters. The molecular weight excluding hydrogens is 194 g/mol. The zero-order chi connectivity index (χ0) is 11.8. The zero-order valence-electron chi connectivity index (χ0n) is 11.0. The van der Waals surface area contributed by atoms with Crippen LogP contribution >= 0.6 is 0 Å². The first-order valence-electron chi connectivity index (χ1n) is 6.32. The molecule has 1 heteroatoms. The van der Waals surface area contributed by atoms with Crippen LogP contribution in [0.3, 0.4) is 0 Å². The third-order valence-corrected chi connectivity index (χ3v) is 4.08. The van der Waals surface area contributed by atoms with E-state index in [4.69, 9.17) is 0 Å². The highest BCUT2D eigenvalue weighted by molar-refractivity contribution is 5.37. The molecule has 0 amide bonds. The van der Waals surface area contributed by atoms with Crippen molar-refractivity contribution in [3.63, 3.8) is 0 Å². The minimum atomic E-state index is 0.476. The van der Waals surface area contributed by atoms with Crippen LogP contribution in [0.4, 0.5) is 0 Å². The van der Waals surface area contributed by atoms with Crippen LogP contribution in [0.2, 0.25) is 0 Å². The molecule has 0 heterocycles. The van der Waals surface area contributed by atoms with Gasteiger partial charge in [-0.3, -0.25) is 0 Å². The summed E-state index contributed by atoms with van der Waals surface area (Å²) in [7, 11) is 2.10. The molecule has 1 aliphatic rings. The first kappa shape index (κ1) is 11.7. The second-order valence-electron chi connectivity index (χ2n) is 5.41. The van der Waals surface area contributed by atoms with Crippen LogP contribution in [0.25, 0.3) is 0 Å². The molecule has 1 N–H and O–H groups in total. The van der Waals surface area contributed by atoms with Crippen LogP contribution in [0, 0.1) is 20.8 Å². The fourth-order valence-electron chi connectivity index (χ4n) is 2.74. The Morgan fingerprint density at radius 2 is 1.69 bits per heavy atom. The topological polar surface area (TPSA) is 12.0 Å². The number of rotatable bonds is 4. The van der Waals surface area contributed by atoms with Crippen molar-refractivity contribution in [2.45, 2.75) is 52.0 Å². The van der Waals surface area contributed by atoms with Crippen LogP contribution < -0.4 is 5.32 Å². The Morgan fingerprint density at radius 3 is 2.12 bits per heavy atom. The van der Waals surface area contributed by atoms with Crippen molar-refractivity contribution in [3.05, 3.63) is 34.4 Å². The summed E-state index contributed by atoms with van der Waals surface area (Å²) in [6.07, 6.45) is 5.22. The van der Waals surface area contributed by atoms with Gasteiger partial charge in [0.2, 0.25) is 0 Å². The molecule has 1 saturated carbocycles. The van der Waals surface area contributed by atoms with E-state index in [1.54, 1.807) is 5.56 Å². The van der Waals surface area contributed by atoms with E-state index in [1.807, 2.05) is 0 Å². The molecule has 0 radical (unpaired) electrons. The lowest BCUT2D eigenvalue weighted by Gasteiger charge is -2.16. The molecule has 0 aliphatic heterocycles. The van der Waals surface area contributed by atoms with Gasteiger partial charge in [0, 0.05) is 5.54 Å². The summed E-state index contributed by atoms with van der Waals surface area (Å²) < 4.78 is 0. The van der Waals surface area contributed by atoms with Gasteiger partial charge in [-0.2, -0.15) is 0 Å². The van der Waals surface area contributed by atoms with Crippen LogP contribution in [-0.4, -0.2) is 12.6 Å². The fourth-order valence-corrected chi connectivity index (χ4v) is 2.74. The standard InChI is InChI=1S/C15H23N/c1-11-9-12(2)14(13(3)10-11)5-6-15(16-4)7-8-15/h9-10,16H,5-8H2,1-4H3. The average molecular weight is 217 g/mol. The van der Waals surface area contributed by atoms with E-state index in [1.165, 1.54) is 42.4 Å². The van der Waals surface area contributed by atoms with Gasteiger partial charge in [0.05, 0.1) is 0 Å². The van der Waals surface area contributed by atoms with E-state index in [-0.39, 0.29) is 0 Å². The molecule has 1 aliphatic carbocycles. The van der Waals surface area contributed by atoms with Gasteiger partial charge in [-0.25, -0.2) is 0 Å². The Balaban J connectivity index is 2.09. The van der Waals surface area contributed by atoms with Gasteiger partial charge in [0.1, 0.15) is 0 Å². The molecule has 0 spiro atoms. The Hall–Kier alpha value is -0.820. The lowest BCUT2D eigenvalue weighted by atomic mass is 9.94. The highest BCUT2D eigenvalue weighted by Crippen LogP contribution is 2.39. The molecular formula is C15H23N. The van der Waals surface area contributed by atoms with Crippen molar-refractivity contribution in [3.8, 4) is 0 Å². The SMILES string of the molecule is CNC1(CCc2c(C)cc(C)cc2C)CC1. The first-order chi connectivity index (χ1) is 7.56. The second kappa shape index (κ2) is 4.21. The maximum atomic E-state index is 3.47. The number of aryl methyl sites for hydroxylation is 3. The molecule has 0 saturated heterocycles. The third kappa shape index (κ3) is 2.30. The van der Waals surface area contributed by atoms with E-state index >= 15 is 0 Å². The highest BCUT2D eigenvalue weighted by atomic mass is 15.0. The lowest BCUT2D eigenvalue weighted by Crippen LogP contribution is -2.27. The van der Waals surface area contributed by atoms with Crippen molar-refractivity contribution >= 4 is 0 Å². The van der Waals surface area contributed by atoms with Gasteiger partial charge in [-0.1, -0.05) is 17.7 Å². The maximum Gasteiger partial charge on any atom is 0.0183 e. The highest BCUT2D eigenvalue weighted by Gasteiger charge is 2.40. The quantitative estimate of drug-likeness (QED) is 0.816. The van der Waals surface area contributed by atoms with Crippen molar-refractivity contribution in [1.82, 2.24) is 5.32 Å². The van der Waals surface area contributed by atoms with Gasteiger partial charge in [-0.05, 0) is 70.2 Å². The van der Waals surface area contributed by atoms with Gasteiger partial charge >= 0.3 is 0 Å². The summed E-state index contributed by atoms with van der Waals surface area (Å²) >= 11 is 0. The summed E-state index contributed by atoms with van der Waals surface area (Å²) in [6, 6.07) is 4.61. The van der Waals surface area contributed by atoms with E-state index in [0.717, 1.165) is 0 Å². The molecule has 1 nitrogen and oxygen atoms in total. The van der Waals surface area contributed by atoms with Gasteiger partial charge in [-0.15, -0.1) is 0 Å². The van der Waals surface area contributed by atoms with Crippen molar-refractivity contribution in [2.24, 2.45) is 0 Å². The summed E-state index contributed by atoms with van der Waals surface area (Å²) in [5.74, 6) is 0. The predicted octanol–water partition coefficient (Wildman–Crippen LogP) is 3.30. The minimum absolute atomic E-state index is 0.476. The Morgan fingerprint density at radius 1 is 1.12 bits per heavy atom. The molecule has 0 atom stereocenters. The molecule has 2 rings (SSSR count). The average Bonchev–Trinajstić information content (AvgIpc) is 2.97. The molecule has 1 aromatic rings. The van der Waals surface area contributed by atoms with Crippen molar-refractivity contribution < 1.29 is 0 Å². The predicted molar refractivity (Wildman–Crippen MR) is 70.0 cm³/mol. The molecule has 0 bridgehead atoms. The number of hydrogen-bond acceptors (Lipinski definition) is 1. The number of hydrogen-bond donors (Lipinski definition) is 1. The third-order valence-electron chi connectivity index (χ3n) is 4.08. The summed E-state index contributed by atoms with van der Waals surface area (Å²) in [6.45, 7) is 6.67. The van der Waals surface area contributed by atoms with Crippen LogP contribution in [0.1, 0.15) is 41.5 Å². The molecule has 16 heavy (non-hydrogen) atoms. The molecule has 88 valence electrons. The van der Waals surface area contributed by atoms with E-state index in [2.05, 4.69) is 45.3 Å². The van der Waals surface area contributed by atoms with Crippen LogP contribution in [0.5, 0.6) is 0 Å². The Bertz CT molecular complexity index is 365. The van der Waals surface area contributed by atoms with Gasteiger partial charge in [0.15, 0.2) is 0 Å². The molecule has 1 fully saturated rings. The Kier molecular flexibility index (Phi) is 3.07. The minimum Gasteiger partial charge on any atom is -0.314 e.